The summed E-state index contributed by atoms with van der Waals surface area (Å²) in [5, 5.41) is 12.4. The van der Waals surface area contributed by atoms with Crippen molar-refractivity contribution >= 4 is 53.9 Å². The number of methoxy groups -OCH3 is 3. The van der Waals surface area contributed by atoms with Gasteiger partial charge in [-0.3, -0.25) is 0 Å². The van der Waals surface area contributed by atoms with Crippen molar-refractivity contribution in [3.8, 4) is 170 Å². The van der Waals surface area contributed by atoms with E-state index in [1.165, 1.54) is 166 Å². The van der Waals surface area contributed by atoms with Crippen LogP contribution >= 0.6 is 0 Å². The molecule has 712 valence electrons. The van der Waals surface area contributed by atoms with Gasteiger partial charge in [0.1, 0.15) is 28.7 Å². The number of ether oxygens (including phenoxy) is 5. The molecule has 0 atom stereocenters. The first-order valence-corrected chi connectivity index (χ1v) is 49.9. The van der Waals surface area contributed by atoms with Crippen molar-refractivity contribution in [2.45, 2.75) is 13.8 Å². The van der Waals surface area contributed by atoms with E-state index >= 15 is 0 Å². The summed E-state index contributed by atoms with van der Waals surface area (Å²) < 4.78 is 40.0. The molecule has 0 radical (unpaired) electrons. The zero-order chi connectivity index (χ0) is 99.6. The second kappa shape index (κ2) is 44.5. The van der Waals surface area contributed by atoms with Gasteiger partial charge in [-0.25, -0.2) is 0 Å². The molecule has 0 aliphatic heterocycles. The van der Waals surface area contributed by atoms with E-state index in [1.807, 2.05) is 68.4 Å². The first kappa shape index (κ1) is 94.3. The average Bonchev–Trinajstić information content (AvgIpc) is 1.59. The third-order valence-corrected chi connectivity index (χ3v) is 26.7. The van der Waals surface area contributed by atoms with Crippen molar-refractivity contribution < 1.29 is 23.7 Å². The molecule has 0 N–H and O–H groups in total. The molecule has 0 spiro atoms. The summed E-state index contributed by atoms with van der Waals surface area (Å²) in [4.78, 5) is 0. The summed E-state index contributed by atoms with van der Waals surface area (Å²) in [6, 6.07) is 191. The fourth-order valence-electron chi connectivity index (χ4n) is 20.4. The highest BCUT2D eigenvalue weighted by Crippen LogP contribution is 2.50. The first-order valence-electron chi connectivity index (χ1n) is 49.9. The molecule has 0 aliphatic carbocycles. The molecular formula is C137H109N5O5. The van der Waals surface area contributed by atoms with E-state index in [0.717, 1.165) is 57.2 Å². The molecule has 25 rings (SSSR count). The lowest BCUT2D eigenvalue weighted by atomic mass is 10.0. The normalized spacial score (nSPS) is 10.9. The molecule has 0 unspecified atom stereocenters. The minimum Gasteiger partial charge on any atom is -0.497 e. The Hall–Kier alpha value is -18.9. The van der Waals surface area contributed by atoms with Gasteiger partial charge in [0.25, 0.3) is 0 Å². The lowest BCUT2D eigenvalue weighted by Crippen LogP contribution is -2.02. The van der Waals surface area contributed by atoms with Crippen LogP contribution in [-0.4, -0.2) is 57.4 Å². The molecule has 0 saturated heterocycles. The molecule has 10 nitrogen and oxygen atoms in total. The van der Waals surface area contributed by atoms with Crippen molar-refractivity contribution in [3.63, 3.8) is 0 Å². The molecular weight excluding hydrogens is 1800 g/mol. The number of para-hydroxylation sites is 2. The van der Waals surface area contributed by atoms with Crippen LogP contribution in [0.1, 0.15) is 13.8 Å². The minimum absolute atomic E-state index is 0.647. The van der Waals surface area contributed by atoms with Gasteiger partial charge in [-0.05, 0) is 154 Å². The van der Waals surface area contributed by atoms with Crippen molar-refractivity contribution in [2.75, 3.05) is 34.5 Å². The highest BCUT2D eigenvalue weighted by atomic mass is 16.5. The summed E-state index contributed by atoms with van der Waals surface area (Å²) in [5.41, 5.74) is 29.3. The predicted octanol–water partition coefficient (Wildman–Crippen LogP) is 35.6. The van der Waals surface area contributed by atoms with Gasteiger partial charge < -0.3 is 46.5 Å². The fraction of sp³-hybridized carbons (Fsp3) is 0.0511. The highest BCUT2D eigenvalue weighted by Gasteiger charge is 2.28. The summed E-state index contributed by atoms with van der Waals surface area (Å²) in [6.45, 7) is 5.33. The number of hydrogen-bond acceptors (Lipinski definition) is 5. The molecule has 5 heterocycles. The van der Waals surface area contributed by atoms with E-state index in [-0.39, 0.29) is 0 Å². The van der Waals surface area contributed by atoms with Gasteiger partial charge >= 0.3 is 0 Å². The molecule has 25 aromatic rings. The van der Waals surface area contributed by atoms with Crippen molar-refractivity contribution in [2.24, 2.45) is 0 Å². The lowest BCUT2D eigenvalue weighted by molar-refractivity contribution is 0.340. The summed E-state index contributed by atoms with van der Waals surface area (Å²) in [5.74, 6) is 4.32. The summed E-state index contributed by atoms with van der Waals surface area (Å²) >= 11 is 0. The van der Waals surface area contributed by atoms with E-state index in [0.29, 0.717) is 13.2 Å². The average molecular weight is 1910 g/mol. The second-order valence-corrected chi connectivity index (χ2v) is 35.5. The molecule has 0 saturated carbocycles. The molecule has 5 aromatic heterocycles. The Morgan fingerprint density at radius 3 is 0.585 bits per heavy atom. The molecule has 10 heteroatoms. The van der Waals surface area contributed by atoms with Crippen molar-refractivity contribution in [1.29, 1.82) is 0 Å². The number of rotatable bonds is 22. The Balaban J connectivity index is 0.000000108. The van der Waals surface area contributed by atoms with E-state index in [9.17, 15) is 0 Å². The fourth-order valence-corrected chi connectivity index (χ4v) is 20.4. The molecule has 0 fully saturated rings. The van der Waals surface area contributed by atoms with Gasteiger partial charge in [-0.15, -0.1) is 0 Å². The van der Waals surface area contributed by atoms with Gasteiger partial charge in [0.2, 0.25) is 0 Å². The number of nitrogens with zero attached hydrogens (tertiary/aromatic N) is 5. The molecule has 0 amide bonds. The highest BCUT2D eigenvalue weighted by molar-refractivity contribution is 6.12. The Morgan fingerprint density at radius 1 is 0.150 bits per heavy atom. The maximum atomic E-state index is 5.82. The van der Waals surface area contributed by atoms with Crippen LogP contribution < -0.4 is 23.7 Å². The van der Waals surface area contributed by atoms with Gasteiger partial charge in [0.05, 0.1) is 97.2 Å². The van der Waals surface area contributed by atoms with Gasteiger partial charge in [0, 0.05) is 88.7 Å². The van der Waals surface area contributed by atoms with Gasteiger partial charge in [-0.1, -0.05) is 449 Å². The SMILES string of the molecule is CCOc1ccc(-n2c(-c3ccccc3)c3ccccc3c2-c2ccccc2)cc1.CCOc1cccc(-n2c(-c3ccccc3)c3ccccc3c2-c2ccccc2)c1.COc1ccc(-n2c(-c3ccccc3)c3ccccc3c2-c2ccccc2)cc1.COc1cccc(-n2c(-c3ccccc3)c3ccccc3c2-c2ccccc2)c1.COc1ccccc1-n1c(-c2ccccc2)c2ccccc2c1-c1ccccc1. The third kappa shape index (κ3) is 19.5. The van der Waals surface area contributed by atoms with E-state index in [1.54, 1.807) is 21.3 Å². The van der Waals surface area contributed by atoms with Crippen LogP contribution in [0.25, 0.3) is 195 Å². The largest absolute Gasteiger partial charge is 0.497 e. The summed E-state index contributed by atoms with van der Waals surface area (Å²) in [6.07, 6.45) is 0. The second-order valence-electron chi connectivity index (χ2n) is 35.5. The van der Waals surface area contributed by atoms with Crippen LogP contribution in [0.4, 0.5) is 0 Å². The van der Waals surface area contributed by atoms with Crippen LogP contribution in [0, 0.1) is 0 Å². The standard InChI is InChI=1S/2C28H23NO.3C27H21NO/c1-2-30-24-17-11-16-23(20-24)29-27(21-12-5-3-6-13-21)25-18-9-10-19-26(25)28(29)22-14-7-4-8-15-22;1-2-30-24-19-17-23(18-20-24)29-27(21-11-5-3-6-12-21)25-15-9-10-16-26(25)28(29)22-13-7-4-8-14-22;1-29-25-19-11-10-18-24(25)28-26(20-12-4-2-5-13-20)22-16-8-9-17-23(22)27(28)21-14-6-3-7-15-21;1-29-23-16-10-15-22(19-23)28-26(20-11-4-2-5-12-20)24-17-8-9-18-25(24)27(28)21-13-6-3-7-14-21;1-29-23-18-16-22(17-19-23)28-26(20-10-4-2-5-11-20)24-14-8-9-15-25(24)27(28)21-12-6-3-7-13-21/h2*3-20H,2H2,1H3;3*2-19H,1H3. The maximum Gasteiger partial charge on any atom is 0.142 e. The van der Waals surface area contributed by atoms with Crippen molar-refractivity contribution in [3.05, 3.63) is 546 Å². The molecule has 147 heavy (non-hydrogen) atoms. The quantitative estimate of drug-likeness (QED) is 0.0676. The Kier molecular flexibility index (Phi) is 28.6. The number of benzene rings is 20. The number of aromatic nitrogens is 5. The Bertz CT molecular complexity index is 8350. The Morgan fingerprint density at radius 2 is 0.347 bits per heavy atom. The monoisotopic (exact) mass is 1900 g/mol. The van der Waals surface area contributed by atoms with Crippen LogP contribution in [0.5, 0.6) is 28.7 Å². The molecule has 20 aromatic carbocycles. The molecule has 0 bridgehead atoms. The van der Waals surface area contributed by atoms with E-state index in [2.05, 4.69) is 514 Å². The number of hydrogen-bond donors (Lipinski definition) is 0. The van der Waals surface area contributed by atoms with E-state index < -0.39 is 0 Å². The minimum atomic E-state index is 0.647. The first-order chi connectivity index (χ1) is 72.8. The lowest BCUT2D eigenvalue weighted by Gasteiger charge is -2.17. The Labute approximate surface area is 858 Å². The van der Waals surface area contributed by atoms with Crippen LogP contribution in [0.15, 0.2) is 546 Å². The molecule has 0 aliphatic rings. The van der Waals surface area contributed by atoms with Gasteiger partial charge in [0.15, 0.2) is 0 Å². The van der Waals surface area contributed by atoms with Crippen LogP contribution in [-0.2, 0) is 0 Å². The maximum absolute atomic E-state index is 5.82. The van der Waals surface area contributed by atoms with E-state index in [4.69, 9.17) is 23.7 Å². The smallest absolute Gasteiger partial charge is 0.142 e. The number of fused-ring (bicyclic) bond motifs is 5. The topological polar surface area (TPSA) is 70.8 Å². The third-order valence-electron chi connectivity index (χ3n) is 26.7. The summed E-state index contributed by atoms with van der Waals surface area (Å²) in [7, 11) is 5.14. The zero-order valence-corrected chi connectivity index (χ0v) is 82.7. The zero-order valence-electron chi connectivity index (χ0n) is 82.7. The predicted molar refractivity (Wildman–Crippen MR) is 613 cm³/mol. The van der Waals surface area contributed by atoms with Crippen LogP contribution in [0.3, 0.4) is 0 Å². The van der Waals surface area contributed by atoms with Crippen LogP contribution in [0.2, 0.25) is 0 Å². The van der Waals surface area contributed by atoms with Crippen molar-refractivity contribution in [1.82, 2.24) is 22.8 Å². The van der Waals surface area contributed by atoms with Gasteiger partial charge in [-0.2, -0.15) is 0 Å².